The molecule has 12 heavy (non-hydrogen) atoms. The van der Waals surface area contributed by atoms with Crippen LogP contribution >= 0.6 is 34.8 Å². The predicted molar refractivity (Wildman–Crippen MR) is 52.8 cm³/mol. The van der Waals surface area contributed by atoms with Crippen molar-refractivity contribution in [2.24, 2.45) is 0 Å². The minimum absolute atomic E-state index is 0.417. The molecule has 0 N–H and O–H groups in total. The van der Waals surface area contributed by atoms with E-state index in [2.05, 4.69) is 0 Å². The van der Waals surface area contributed by atoms with Gasteiger partial charge < -0.3 is 0 Å². The van der Waals surface area contributed by atoms with Crippen molar-refractivity contribution < 1.29 is 0 Å². The highest BCUT2D eigenvalue weighted by Gasteiger charge is 1.98. The maximum absolute atomic E-state index is 7.32. The minimum Gasteiger partial charge on any atom is -0.199 e. The molecular formula is C8H6Cl3N. The van der Waals surface area contributed by atoms with Crippen LogP contribution in [0.3, 0.4) is 0 Å². The molecule has 0 bridgehead atoms. The summed E-state index contributed by atoms with van der Waals surface area (Å²) in [5.74, 6) is 0. The molecule has 0 aliphatic rings. The fraction of sp³-hybridized carbons (Fsp3) is 0.125. The Morgan fingerprint density at radius 1 is 1.17 bits per heavy atom. The van der Waals surface area contributed by atoms with E-state index in [1.165, 1.54) is 6.92 Å². The van der Waals surface area contributed by atoms with Crippen LogP contribution in [0.4, 0.5) is 0 Å². The molecule has 0 amide bonds. The molecular weight excluding hydrogens is 216 g/mol. The second-order valence-electron chi connectivity index (χ2n) is 1.76. The van der Waals surface area contributed by atoms with Gasteiger partial charge in [-0.05, 0) is 12.1 Å². The molecule has 0 heterocycles. The topological polar surface area (TPSA) is 23.8 Å². The van der Waals surface area contributed by atoms with Crippen molar-refractivity contribution >= 4 is 34.8 Å². The molecule has 0 aromatic heterocycles. The van der Waals surface area contributed by atoms with Gasteiger partial charge in [0.1, 0.15) is 0 Å². The normalized spacial score (nSPS) is 7.92. The Labute approximate surface area is 86.5 Å². The second-order valence-corrected chi connectivity index (χ2v) is 2.95. The lowest BCUT2D eigenvalue weighted by Crippen LogP contribution is -1.67. The fourth-order valence-electron chi connectivity index (χ4n) is 0.477. The average molecular weight is 223 g/mol. The fourth-order valence-corrected chi connectivity index (χ4v) is 1.00. The first-order valence-electron chi connectivity index (χ1n) is 3.03. The molecule has 1 aromatic rings. The number of hydrogen-bond donors (Lipinski definition) is 0. The zero-order valence-electron chi connectivity index (χ0n) is 6.31. The second kappa shape index (κ2) is 6.14. The third kappa shape index (κ3) is 3.82. The van der Waals surface area contributed by atoms with Crippen LogP contribution in [0.2, 0.25) is 15.1 Å². The van der Waals surface area contributed by atoms with Crippen molar-refractivity contribution in [2.75, 3.05) is 0 Å². The van der Waals surface area contributed by atoms with Gasteiger partial charge in [0.25, 0.3) is 0 Å². The van der Waals surface area contributed by atoms with Gasteiger partial charge in [-0.2, -0.15) is 5.26 Å². The van der Waals surface area contributed by atoms with Gasteiger partial charge in [0.15, 0.2) is 0 Å². The standard InChI is InChI=1S/C6H3Cl3.C2H3N/c7-4-2-1-3-5(8)6(4)9;1-2-3/h1-3H;1H3. The smallest absolute Gasteiger partial charge is 0.0778 e. The highest BCUT2D eigenvalue weighted by Crippen LogP contribution is 2.28. The zero-order chi connectivity index (χ0) is 9.56. The van der Waals surface area contributed by atoms with Crippen LogP contribution in [-0.4, -0.2) is 0 Å². The van der Waals surface area contributed by atoms with E-state index in [1.54, 1.807) is 24.3 Å². The van der Waals surface area contributed by atoms with Crippen LogP contribution < -0.4 is 0 Å². The van der Waals surface area contributed by atoms with Crippen molar-refractivity contribution in [3.8, 4) is 6.07 Å². The SMILES string of the molecule is CC#N.Clc1cccc(Cl)c1Cl. The molecule has 1 rings (SSSR count). The molecule has 0 radical (unpaired) electrons. The predicted octanol–water partition coefficient (Wildman–Crippen LogP) is 4.18. The molecule has 0 fully saturated rings. The molecule has 0 unspecified atom stereocenters. The van der Waals surface area contributed by atoms with Crippen LogP contribution in [-0.2, 0) is 0 Å². The first-order chi connectivity index (χ1) is 5.63. The maximum Gasteiger partial charge on any atom is 0.0778 e. The summed E-state index contributed by atoms with van der Waals surface area (Å²) in [7, 11) is 0. The van der Waals surface area contributed by atoms with Gasteiger partial charge in [0, 0.05) is 6.92 Å². The van der Waals surface area contributed by atoms with Crippen LogP contribution in [0.1, 0.15) is 6.92 Å². The van der Waals surface area contributed by atoms with Crippen molar-refractivity contribution in [1.82, 2.24) is 0 Å². The molecule has 64 valence electrons. The molecule has 1 aromatic carbocycles. The van der Waals surface area contributed by atoms with E-state index in [4.69, 9.17) is 40.1 Å². The Bertz CT molecular complexity index is 271. The molecule has 1 nitrogen and oxygen atoms in total. The molecule has 0 spiro atoms. The summed E-state index contributed by atoms with van der Waals surface area (Å²) in [6.07, 6.45) is 0. The van der Waals surface area contributed by atoms with E-state index in [-0.39, 0.29) is 0 Å². The lowest BCUT2D eigenvalue weighted by atomic mass is 10.4. The first-order valence-corrected chi connectivity index (χ1v) is 4.17. The number of nitriles is 1. The largest absolute Gasteiger partial charge is 0.199 e. The zero-order valence-corrected chi connectivity index (χ0v) is 8.58. The Hall–Kier alpha value is -0.420. The van der Waals surface area contributed by atoms with Crippen molar-refractivity contribution in [2.45, 2.75) is 6.92 Å². The van der Waals surface area contributed by atoms with E-state index in [9.17, 15) is 0 Å². The third-order valence-electron chi connectivity index (χ3n) is 0.904. The summed E-state index contributed by atoms with van der Waals surface area (Å²) in [6, 6.07) is 6.88. The highest BCUT2D eigenvalue weighted by molar-refractivity contribution is 6.47. The van der Waals surface area contributed by atoms with E-state index < -0.39 is 0 Å². The number of nitrogens with zero attached hydrogens (tertiary/aromatic N) is 1. The lowest BCUT2D eigenvalue weighted by Gasteiger charge is -1.94. The maximum atomic E-state index is 7.32. The average Bonchev–Trinajstić information content (AvgIpc) is 2.02. The van der Waals surface area contributed by atoms with Crippen molar-refractivity contribution in [3.05, 3.63) is 33.3 Å². The molecule has 0 aliphatic carbocycles. The van der Waals surface area contributed by atoms with Crippen LogP contribution in [0, 0.1) is 11.3 Å². The summed E-state index contributed by atoms with van der Waals surface area (Å²) in [4.78, 5) is 0. The molecule has 4 heteroatoms. The summed E-state index contributed by atoms with van der Waals surface area (Å²) in [6.45, 7) is 1.43. The van der Waals surface area contributed by atoms with E-state index in [1.807, 2.05) is 0 Å². The lowest BCUT2D eigenvalue weighted by molar-refractivity contribution is 1.49. The number of hydrogen-bond acceptors (Lipinski definition) is 1. The van der Waals surface area contributed by atoms with Gasteiger partial charge in [-0.1, -0.05) is 40.9 Å². The van der Waals surface area contributed by atoms with Gasteiger partial charge in [-0.25, -0.2) is 0 Å². The highest BCUT2D eigenvalue weighted by atomic mass is 35.5. The summed E-state index contributed by atoms with van der Waals surface area (Å²) >= 11 is 16.8. The van der Waals surface area contributed by atoms with Gasteiger partial charge in [0.05, 0.1) is 21.1 Å². The van der Waals surface area contributed by atoms with E-state index in [0.29, 0.717) is 15.1 Å². The van der Waals surface area contributed by atoms with Crippen LogP contribution in [0.15, 0.2) is 18.2 Å². The number of benzene rings is 1. The van der Waals surface area contributed by atoms with Gasteiger partial charge in [0.2, 0.25) is 0 Å². The molecule has 0 atom stereocenters. The van der Waals surface area contributed by atoms with Crippen molar-refractivity contribution in [3.63, 3.8) is 0 Å². The van der Waals surface area contributed by atoms with Gasteiger partial charge in [-0.3, -0.25) is 0 Å². The monoisotopic (exact) mass is 221 g/mol. The van der Waals surface area contributed by atoms with Gasteiger partial charge >= 0.3 is 0 Å². The molecule has 0 aliphatic heterocycles. The third-order valence-corrected chi connectivity index (χ3v) is 2.14. The Balaban J connectivity index is 0.000000354. The minimum atomic E-state index is 0.417. The van der Waals surface area contributed by atoms with E-state index >= 15 is 0 Å². The summed E-state index contributed by atoms with van der Waals surface area (Å²) in [5, 5.41) is 8.72. The Morgan fingerprint density at radius 2 is 1.50 bits per heavy atom. The number of halogens is 3. The first kappa shape index (κ1) is 11.6. The molecule has 0 saturated heterocycles. The quantitative estimate of drug-likeness (QED) is 0.604. The Morgan fingerprint density at radius 3 is 1.75 bits per heavy atom. The Kier molecular flexibility index (Phi) is 5.92. The number of rotatable bonds is 0. The van der Waals surface area contributed by atoms with Gasteiger partial charge in [-0.15, -0.1) is 0 Å². The summed E-state index contributed by atoms with van der Waals surface area (Å²) < 4.78 is 0. The van der Waals surface area contributed by atoms with Crippen LogP contribution in [0.25, 0.3) is 0 Å². The van der Waals surface area contributed by atoms with Crippen molar-refractivity contribution in [1.29, 1.82) is 5.26 Å². The van der Waals surface area contributed by atoms with Crippen LogP contribution in [0.5, 0.6) is 0 Å². The summed E-state index contributed by atoms with van der Waals surface area (Å²) in [5.41, 5.74) is 0. The van der Waals surface area contributed by atoms with E-state index in [0.717, 1.165) is 0 Å². The molecule has 0 saturated carbocycles.